The Morgan fingerprint density at radius 2 is 2.15 bits per heavy atom. The van der Waals surface area contributed by atoms with E-state index < -0.39 is 0 Å². The smallest absolute Gasteiger partial charge is 0.182 e. The van der Waals surface area contributed by atoms with Crippen LogP contribution in [0, 0.1) is 11.8 Å². The minimum Gasteiger partial charge on any atom is -0.378 e. The van der Waals surface area contributed by atoms with Gasteiger partial charge in [-0.2, -0.15) is 0 Å². The molecule has 74 valence electrons. The number of nitrogens with zero attached hydrogens (tertiary/aromatic N) is 1. The lowest BCUT2D eigenvalue weighted by Gasteiger charge is -2.48. The van der Waals surface area contributed by atoms with Crippen molar-refractivity contribution in [3.63, 3.8) is 0 Å². The Balaban J connectivity index is 2.77. The largest absolute Gasteiger partial charge is 0.378 e. The summed E-state index contributed by atoms with van der Waals surface area (Å²) in [7, 11) is 7.66. The molecule has 1 aliphatic rings. The van der Waals surface area contributed by atoms with Crippen LogP contribution in [0.5, 0.6) is 0 Å². The van der Waals surface area contributed by atoms with Crippen LogP contribution < -0.4 is 0 Å². The fraction of sp³-hybridized carbons (Fsp3) is 1.00. The van der Waals surface area contributed by atoms with Crippen molar-refractivity contribution in [3.8, 4) is 0 Å². The van der Waals surface area contributed by atoms with Crippen LogP contribution in [0.15, 0.2) is 0 Å². The second kappa shape index (κ2) is 4.01. The third-order valence-corrected chi connectivity index (χ3v) is 3.69. The number of hydrogen-bond donors (Lipinski definition) is 0. The molecule has 1 fully saturated rings. The second-order valence-corrected chi connectivity index (χ2v) is 4.35. The van der Waals surface area contributed by atoms with Crippen molar-refractivity contribution in [2.24, 2.45) is 11.8 Å². The van der Waals surface area contributed by atoms with Gasteiger partial charge in [0.05, 0.1) is 5.60 Å². The Kier molecular flexibility index (Phi) is 3.41. The third-order valence-electron chi connectivity index (χ3n) is 3.69. The first-order valence-corrected chi connectivity index (χ1v) is 5.09. The number of methoxy groups -OCH3 is 1. The van der Waals surface area contributed by atoms with Crippen molar-refractivity contribution < 1.29 is 4.74 Å². The van der Waals surface area contributed by atoms with Gasteiger partial charge in [0.1, 0.15) is 0 Å². The quantitative estimate of drug-likeness (QED) is 0.598. The van der Waals surface area contributed by atoms with Crippen molar-refractivity contribution in [3.05, 3.63) is 0 Å². The summed E-state index contributed by atoms with van der Waals surface area (Å²) in [5.74, 6) is 1.05. The molecule has 0 aromatic heterocycles. The number of piperidine rings is 1. The maximum Gasteiger partial charge on any atom is 0.182 e. The van der Waals surface area contributed by atoms with Gasteiger partial charge >= 0.3 is 0 Å². The number of hydrogen-bond acceptors (Lipinski definition) is 2. The molecule has 0 saturated carbocycles. The summed E-state index contributed by atoms with van der Waals surface area (Å²) in [5.41, 5.74) is 0.00458. The minimum atomic E-state index is 0.00458. The number of ether oxygens (including phenoxy) is 1. The van der Waals surface area contributed by atoms with Crippen LogP contribution in [-0.2, 0) is 4.74 Å². The van der Waals surface area contributed by atoms with Gasteiger partial charge in [-0.15, -0.1) is 0 Å². The first-order valence-electron chi connectivity index (χ1n) is 5.09. The van der Waals surface area contributed by atoms with E-state index in [0.717, 1.165) is 19.5 Å². The predicted molar refractivity (Wildman–Crippen MR) is 55.7 cm³/mol. The topological polar surface area (TPSA) is 12.5 Å². The van der Waals surface area contributed by atoms with Crippen LogP contribution in [0.25, 0.3) is 0 Å². The zero-order valence-corrected chi connectivity index (χ0v) is 9.21. The molecule has 0 bridgehead atoms. The van der Waals surface area contributed by atoms with E-state index in [2.05, 4.69) is 20.8 Å². The van der Waals surface area contributed by atoms with Crippen molar-refractivity contribution in [1.82, 2.24) is 4.81 Å². The Morgan fingerprint density at radius 1 is 1.54 bits per heavy atom. The van der Waals surface area contributed by atoms with Crippen LogP contribution >= 0.6 is 0 Å². The zero-order valence-electron chi connectivity index (χ0n) is 9.21. The highest BCUT2D eigenvalue weighted by atomic mass is 16.5. The average molecular weight is 181 g/mol. The van der Waals surface area contributed by atoms with Gasteiger partial charge in [0.2, 0.25) is 0 Å². The summed E-state index contributed by atoms with van der Waals surface area (Å²) in [6.07, 6.45) is 1.13. The van der Waals surface area contributed by atoms with Gasteiger partial charge in [-0.3, -0.25) is 0 Å². The lowest BCUT2D eigenvalue weighted by Crippen LogP contribution is -2.55. The highest BCUT2D eigenvalue weighted by Gasteiger charge is 2.42. The minimum absolute atomic E-state index is 0.00458. The summed E-state index contributed by atoms with van der Waals surface area (Å²) in [6, 6.07) is 0. The van der Waals surface area contributed by atoms with Crippen LogP contribution in [0.4, 0.5) is 0 Å². The molecule has 3 heteroatoms. The van der Waals surface area contributed by atoms with Crippen molar-refractivity contribution in [2.45, 2.75) is 32.8 Å². The van der Waals surface area contributed by atoms with E-state index >= 15 is 0 Å². The van der Waals surface area contributed by atoms with Crippen LogP contribution in [0.2, 0.25) is 0 Å². The van der Waals surface area contributed by atoms with Crippen molar-refractivity contribution in [1.29, 1.82) is 0 Å². The van der Waals surface area contributed by atoms with Gasteiger partial charge in [-0.05, 0) is 38.3 Å². The lowest BCUT2D eigenvalue weighted by molar-refractivity contribution is -0.112. The van der Waals surface area contributed by atoms with Crippen molar-refractivity contribution >= 4 is 7.98 Å². The fourth-order valence-electron chi connectivity index (χ4n) is 2.38. The molecule has 2 nitrogen and oxygen atoms in total. The molecule has 3 unspecified atom stereocenters. The van der Waals surface area contributed by atoms with E-state index in [4.69, 9.17) is 12.7 Å². The fourth-order valence-corrected chi connectivity index (χ4v) is 2.38. The van der Waals surface area contributed by atoms with E-state index in [0.29, 0.717) is 11.8 Å². The van der Waals surface area contributed by atoms with E-state index in [1.54, 1.807) is 0 Å². The first-order chi connectivity index (χ1) is 6.04. The molecule has 2 radical (unpaired) electrons. The average Bonchev–Trinajstić information content (AvgIpc) is 2.11. The van der Waals surface area contributed by atoms with Gasteiger partial charge in [-0.1, -0.05) is 13.8 Å². The monoisotopic (exact) mass is 181 g/mol. The van der Waals surface area contributed by atoms with Gasteiger partial charge in [0.15, 0.2) is 7.98 Å². The number of rotatable bonds is 2. The van der Waals surface area contributed by atoms with E-state index in [-0.39, 0.29) is 5.60 Å². The molecule has 13 heavy (non-hydrogen) atoms. The SMILES string of the molecule is [B]N1CC(C)C(C)(OC)C(CC)C1. The molecule has 0 aromatic carbocycles. The Hall–Kier alpha value is -0.0151. The van der Waals surface area contributed by atoms with E-state index in [1.165, 1.54) is 0 Å². The molecule has 0 amide bonds. The van der Waals surface area contributed by atoms with Gasteiger partial charge in [0, 0.05) is 7.11 Å². The Morgan fingerprint density at radius 3 is 2.62 bits per heavy atom. The first kappa shape index (κ1) is 11.1. The van der Waals surface area contributed by atoms with Gasteiger partial charge in [-0.25, -0.2) is 0 Å². The van der Waals surface area contributed by atoms with Crippen LogP contribution in [0.3, 0.4) is 0 Å². The summed E-state index contributed by atoms with van der Waals surface area (Å²) in [4.78, 5) is 1.92. The lowest BCUT2D eigenvalue weighted by atomic mass is 9.73. The Labute approximate surface area is 83.1 Å². The third kappa shape index (κ3) is 1.91. The summed E-state index contributed by atoms with van der Waals surface area (Å²) >= 11 is 0. The normalized spacial score (nSPS) is 42.2. The molecule has 1 rings (SSSR count). The summed E-state index contributed by atoms with van der Waals surface area (Å²) in [6.45, 7) is 8.50. The molecule has 1 aliphatic heterocycles. The Bertz CT molecular complexity index is 176. The second-order valence-electron chi connectivity index (χ2n) is 4.35. The van der Waals surface area contributed by atoms with E-state index in [9.17, 15) is 0 Å². The maximum absolute atomic E-state index is 5.84. The van der Waals surface area contributed by atoms with Gasteiger partial charge < -0.3 is 9.55 Å². The molecule has 1 saturated heterocycles. The highest BCUT2D eigenvalue weighted by Crippen LogP contribution is 2.36. The molecular weight excluding hydrogens is 161 g/mol. The molecule has 3 atom stereocenters. The zero-order chi connectivity index (χ0) is 10.1. The van der Waals surface area contributed by atoms with Crippen molar-refractivity contribution in [2.75, 3.05) is 20.2 Å². The molecule has 0 N–H and O–H groups in total. The predicted octanol–water partition coefficient (Wildman–Crippen LogP) is 1.45. The molecule has 0 aromatic rings. The highest BCUT2D eigenvalue weighted by molar-refractivity contribution is 6.04. The summed E-state index contributed by atoms with van der Waals surface area (Å²) < 4.78 is 5.66. The van der Waals surface area contributed by atoms with E-state index in [1.807, 2.05) is 11.9 Å². The molecule has 0 aliphatic carbocycles. The maximum atomic E-state index is 5.84. The van der Waals surface area contributed by atoms with Gasteiger partial charge in [0.25, 0.3) is 0 Å². The molecule has 1 heterocycles. The molecular formula is C10H20BNO. The van der Waals surface area contributed by atoms with Crippen LogP contribution in [0.1, 0.15) is 27.2 Å². The van der Waals surface area contributed by atoms with Crippen LogP contribution in [-0.4, -0.2) is 38.6 Å². The standard InChI is InChI=1S/C10H20BNO/c1-5-9-7-12(11)6-8(2)10(9,3)13-4/h8-9H,5-7H2,1-4H3. The molecule has 0 spiro atoms. The summed E-state index contributed by atoms with van der Waals surface area (Å²) in [5, 5.41) is 0.